The molecule has 0 bridgehead atoms. The van der Waals surface area contributed by atoms with E-state index < -0.39 is 0 Å². The van der Waals surface area contributed by atoms with Gasteiger partial charge in [-0.2, -0.15) is 0 Å². The minimum absolute atomic E-state index is 0. The summed E-state index contributed by atoms with van der Waals surface area (Å²) in [5.74, 6) is 0.830. The summed E-state index contributed by atoms with van der Waals surface area (Å²) >= 11 is 0. The van der Waals surface area contributed by atoms with Crippen LogP contribution in [0.1, 0.15) is 33.1 Å². The van der Waals surface area contributed by atoms with Crippen LogP contribution in [0.4, 0.5) is 0 Å². The number of nitrogens with zero attached hydrogens (tertiary/aromatic N) is 2. The van der Waals surface area contributed by atoms with Crippen molar-refractivity contribution in [1.82, 2.24) is 15.5 Å². The van der Waals surface area contributed by atoms with E-state index in [9.17, 15) is 5.11 Å². The highest BCUT2D eigenvalue weighted by Crippen LogP contribution is 2.31. The average molecular weight is 442 g/mol. The van der Waals surface area contributed by atoms with Gasteiger partial charge in [-0.05, 0) is 32.4 Å². The maximum absolute atomic E-state index is 9.26. The average Bonchev–Trinajstić information content (AvgIpc) is 2.98. The van der Waals surface area contributed by atoms with Gasteiger partial charge in [0.05, 0.1) is 6.61 Å². The number of ether oxygens (including phenoxy) is 1. The zero-order valence-electron chi connectivity index (χ0n) is 14.9. The monoisotopic (exact) mass is 442 g/mol. The van der Waals surface area contributed by atoms with Crippen molar-refractivity contribution in [2.45, 2.75) is 33.1 Å². The molecule has 7 heteroatoms. The lowest BCUT2D eigenvalue weighted by Gasteiger charge is -2.28. The van der Waals surface area contributed by atoms with Gasteiger partial charge in [-0.25, -0.2) is 0 Å². The minimum atomic E-state index is 0. The SMILES string of the molecule is CCCN(CC)CCNC(=NC)NCC1(CCO)CCOC1.I. The number of halogens is 1. The van der Waals surface area contributed by atoms with Crippen molar-refractivity contribution in [3.8, 4) is 0 Å². The number of hydrogen-bond donors (Lipinski definition) is 3. The third-order valence-corrected chi connectivity index (χ3v) is 4.39. The van der Waals surface area contributed by atoms with Crippen molar-refractivity contribution >= 4 is 29.9 Å². The zero-order chi connectivity index (χ0) is 16.3. The molecule has 1 aliphatic heterocycles. The lowest BCUT2D eigenvalue weighted by atomic mass is 9.84. The molecule has 23 heavy (non-hydrogen) atoms. The van der Waals surface area contributed by atoms with Crippen LogP contribution in [-0.4, -0.2) is 75.6 Å². The fourth-order valence-corrected chi connectivity index (χ4v) is 2.88. The second kappa shape index (κ2) is 13.2. The van der Waals surface area contributed by atoms with Gasteiger partial charge < -0.3 is 25.4 Å². The summed E-state index contributed by atoms with van der Waals surface area (Å²) < 4.78 is 5.51. The first-order valence-electron chi connectivity index (χ1n) is 8.55. The molecule has 1 unspecified atom stereocenters. The van der Waals surface area contributed by atoms with Crippen LogP contribution in [0, 0.1) is 5.41 Å². The van der Waals surface area contributed by atoms with E-state index in [1.165, 1.54) is 6.42 Å². The van der Waals surface area contributed by atoms with E-state index in [2.05, 4.69) is 34.4 Å². The number of aliphatic hydroxyl groups excluding tert-OH is 1. The first-order valence-corrected chi connectivity index (χ1v) is 8.55. The van der Waals surface area contributed by atoms with Crippen LogP contribution in [-0.2, 0) is 4.74 Å². The van der Waals surface area contributed by atoms with Crippen molar-refractivity contribution in [3.63, 3.8) is 0 Å². The smallest absolute Gasteiger partial charge is 0.191 e. The van der Waals surface area contributed by atoms with Gasteiger partial charge in [-0.3, -0.25) is 4.99 Å². The molecule has 1 aliphatic rings. The second-order valence-corrected chi connectivity index (χ2v) is 6.06. The Hall–Kier alpha value is -0.120. The Balaban J connectivity index is 0.00000484. The number of nitrogens with one attached hydrogen (secondary N) is 2. The summed E-state index contributed by atoms with van der Waals surface area (Å²) in [5, 5.41) is 16.0. The first kappa shape index (κ1) is 22.9. The summed E-state index contributed by atoms with van der Waals surface area (Å²) in [6.45, 7) is 11.0. The Morgan fingerprint density at radius 1 is 1.30 bits per heavy atom. The summed E-state index contributed by atoms with van der Waals surface area (Å²) in [5.41, 5.74) is 0.0457. The number of aliphatic imine (C=N–C) groups is 1. The normalized spacial score (nSPS) is 21.3. The van der Waals surface area contributed by atoms with Crippen molar-refractivity contribution < 1.29 is 9.84 Å². The molecule has 0 aliphatic carbocycles. The highest BCUT2D eigenvalue weighted by molar-refractivity contribution is 14.0. The van der Waals surface area contributed by atoms with E-state index in [-0.39, 0.29) is 36.0 Å². The molecular formula is C16H35IN4O2. The third kappa shape index (κ3) is 8.51. The molecule has 1 heterocycles. The molecule has 138 valence electrons. The maximum Gasteiger partial charge on any atom is 0.191 e. The van der Waals surface area contributed by atoms with Gasteiger partial charge in [0, 0.05) is 45.3 Å². The second-order valence-electron chi connectivity index (χ2n) is 6.06. The third-order valence-electron chi connectivity index (χ3n) is 4.39. The Morgan fingerprint density at radius 3 is 2.61 bits per heavy atom. The van der Waals surface area contributed by atoms with Crippen LogP contribution in [0.5, 0.6) is 0 Å². The molecule has 1 saturated heterocycles. The van der Waals surface area contributed by atoms with E-state index in [0.717, 1.165) is 64.7 Å². The number of likely N-dealkylation sites (N-methyl/N-ethyl adjacent to an activating group) is 1. The van der Waals surface area contributed by atoms with Gasteiger partial charge in [0.1, 0.15) is 0 Å². The van der Waals surface area contributed by atoms with E-state index >= 15 is 0 Å². The molecule has 0 aromatic carbocycles. The Labute approximate surface area is 158 Å². The van der Waals surface area contributed by atoms with E-state index in [4.69, 9.17) is 4.74 Å². The standard InChI is InChI=1S/C16H34N4O2.HI/c1-4-9-20(5-2)10-8-18-15(17-3)19-13-16(6-11-21)7-12-22-14-16;/h21H,4-14H2,1-3H3,(H2,17,18,19);1H. The molecule has 0 spiro atoms. The lowest BCUT2D eigenvalue weighted by Crippen LogP contribution is -2.46. The van der Waals surface area contributed by atoms with Crippen LogP contribution < -0.4 is 10.6 Å². The molecule has 0 saturated carbocycles. The van der Waals surface area contributed by atoms with Crippen LogP contribution in [0.3, 0.4) is 0 Å². The topological polar surface area (TPSA) is 69.1 Å². The quantitative estimate of drug-likeness (QED) is 0.270. The van der Waals surface area contributed by atoms with Crippen LogP contribution in [0.15, 0.2) is 4.99 Å². The number of guanidine groups is 1. The van der Waals surface area contributed by atoms with Crippen LogP contribution in [0.25, 0.3) is 0 Å². The van der Waals surface area contributed by atoms with E-state index in [0.29, 0.717) is 0 Å². The van der Waals surface area contributed by atoms with Crippen LogP contribution >= 0.6 is 24.0 Å². The highest BCUT2D eigenvalue weighted by Gasteiger charge is 2.34. The Morgan fingerprint density at radius 2 is 2.09 bits per heavy atom. The predicted octanol–water partition coefficient (Wildman–Crippen LogP) is 1.29. The summed E-state index contributed by atoms with van der Waals surface area (Å²) in [6, 6.07) is 0. The number of aliphatic hydroxyl groups is 1. The Kier molecular flexibility index (Phi) is 13.1. The molecule has 0 aromatic rings. The molecule has 3 N–H and O–H groups in total. The molecule has 1 atom stereocenters. The molecule has 1 rings (SSSR count). The fraction of sp³-hybridized carbons (Fsp3) is 0.938. The van der Waals surface area contributed by atoms with Gasteiger partial charge in [0.2, 0.25) is 0 Å². The van der Waals surface area contributed by atoms with E-state index in [1.54, 1.807) is 7.05 Å². The van der Waals surface area contributed by atoms with Gasteiger partial charge in [0.25, 0.3) is 0 Å². The number of rotatable bonds is 10. The fourth-order valence-electron chi connectivity index (χ4n) is 2.88. The minimum Gasteiger partial charge on any atom is -0.396 e. The summed E-state index contributed by atoms with van der Waals surface area (Å²) in [6.07, 6.45) is 2.96. The van der Waals surface area contributed by atoms with Gasteiger partial charge in [-0.1, -0.05) is 13.8 Å². The molecule has 0 aromatic heterocycles. The lowest BCUT2D eigenvalue weighted by molar-refractivity contribution is 0.127. The molecule has 1 fully saturated rings. The van der Waals surface area contributed by atoms with Crippen molar-refractivity contribution in [2.24, 2.45) is 10.4 Å². The van der Waals surface area contributed by atoms with Gasteiger partial charge >= 0.3 is 0 Å². The summed E-state index contributed by atoms with van der Waals surface area (Å²) in [7, 11) is 1.79. The van der Waals surface area contributed by atoms with Gasteiger partial charge in [-0.15, -0.1) is 24.0 Å². The van der Waals surface area contributed by atoms with Crippen molar-refractivity contribution in [3.05, 3.63) is 0 Å². The van der Waals surface area contributed by atoms with Crippen molar-refractivity contribution in [1.29, 1.82) is 0 Å². The number of hydrogen-bond acceptors (Lipinski definition) is 4. The largest absolute Gasteiger partial charge is 0.396 e. The zero-order valence-corrected chi connectivity index (χ0v) is 17.3. The predicted molar refractivity (Wildman–Crippen MR) is 107 cm³/mol. The Bertz CT molecular complexity index is 323. The van der Waals surface area contributed by atoms with Gasteiger partial charge in [0.15, 0.2) is 5.96 Å². The molecule has 6 nitrogen and oxygen atoms in total. The van der Waals surface area contributed by atoms with Crippen LogP contribution in [0.2, 0.25) is 0 Å². The maximum atomic E-state index is 9.26. The molecular weight excluding hydrogens is 407 g/mol. The molecule has 0 amide bonds. The summed E-state index contributed by atoms with van der Waals surface area (Å²) in [4.78, 5) is 6.71. The van der Waals surface area contributed by atoms with E-state index in [1.807, 2.05) is 0 Å². The molecule has 0 radical (unpaired) electrons. The van der Waals surface area contributed by atoms with Crippen molar-refractivity contribution in [2.75, 3.05) is 59.6 Å². The highest BCUT2D eigenvalue weighted by atomic mass is 127. The first-order chi connectivity index (χ1) is 10.7.